The maximum absolute atomic E-state index is 8.74. The second-order valence-corrected chi connectivity index (χ2v) is 4.01. The van der Waals surface area contributed by atoms with Crippen LogP contribution in [-0.4, -0.2) is 21.5 Å². The van der Waals surface area contributed by atoms with Crippen molar-refractivity contribution in [3.63, 3.8) is 0 Å². The minimum Gasteiger partial charge on any atom is -0.396 e. The number of hydrogen-bond acceptors (Lipinski definition) is 3. The Morgan fingerprint density at radius 2 is 2.29 bits per heavy atom. The normalized spacial score (nSPS) is 13.5. The third-order valence-electron chi connectivity index (χ3n) is 2.07. The number of aliphatic hydroxyl groups excluding tert-OH is 1. The molecule has 0 aromatic carbocycles. The van der Waals surface area contributed by atoms with Crippen molar-refractivity contribution in [1.82, 2.24) is 9.78 Å². The Bertz CT molecular complexity index is 270. The monoisotopic (exact) mass is 197 g/mol. The minimum absolute atomic E-state index is 0.0964. The van der Waals surface area contributed by atoms with Crippen LogP contribution < -0.4 is 5.73 Å². The smallest absolute Gasteiger partial charge is 0.0537 e. The largest absolute Gasteiger partial charge is 0.396 e. The number of nitrogens with zero attached hydrogens (tertiary/aromatic N) is 2. The van der Waals surface area contributed by atoms with Gasteiger partial charge in [0, 0.05) is 31.0 Å². The zero-order valence-corrected chi connectivity index (χ0v) is 8.85. The lowest BCUT2D eigenvalue weighted by atomic mass is 10.1. The Kier molecular flexibility index (Phi) is 4.10. The van der Waals surface area contributed by atoms with Gasteiger partial charge < -0.3 is 10.8 Å². The highest BCUT2D eigenvalue weighted by Gasteiger charge is 2.08. The maximum atomic E-state index is 8.74. The molecule has 0 spiro atoms. The van der Waals surface area contributed by atoms with E-state index in [2.05, 4.69) is 18.9 Å². The van der Waals surface area contributed by atoms with Crippen LogP contribution in [0.2, 0.25) is 0 Å². The molecule has 80 valence electrons. The van der Waals surface area contributed by atoms with Crippen molar-refractivity contribution in [1.29, 1.82) is 0 Å². The van der Waals surface area contributed by atoms with Gasteiger partial charge in [-0.25, -0.2) is 0 Å². The summed E-state index contributed by atoms with van der Waals surface area (Å²) in [6.45, 7) is 5.33. The molecule has 3 N–H and O–H groups in total. The zero-order valence-electron chi connectivity index (χ0n) is 8.85. The molecule has 0 fully saturated rings. The summed E-state index contributed by atoms with van der Waals surface area (Å²) in [6.07, 6.45) is 4.33. The lowest BCUT2D eigenvalue weighted by Crippen LogP contribution is -2.11. The molecular weight excluding hydrogens is 178 g/mol. The third-order valence-corrected chi connectivity index (χ3v) is 2.07. The molecule has 1 unspecified atom stereocenters. The van der Waals surface area contributed by atoms with E-state index in [0.29, 0.717) is 12.3 Å². The molecule has 1 aromatic heterocycles. The van der Waals surface area contributed by atoms with E-state index in [1.54, 1.807) is 6.20 Å². The fraction of sp³-hybridized carbons (Fsp3) is 0.700. The van der Waals surface area contributed by atoms with E-state index in [0.717, 1.165) is 12.1 Å². The van der Waals surface area contributed by atoms with E-state index < -0.39 is 0 Å². The maximum Gasteiger partial charge on any atom is 0.0537 e. The standard InChI is InChI=1S/C10H19N3O/c1-8(2)6-13-7-9(5-12-13)10(11)3-4-14/h5,7-8,10,14H,3-4,6,11H2,1-2H3. The number of rotatable bonds is 5. The van der Waals surface area contributed by atoms with E-state index in [4.69, 9.17) is 10.8 Å². The SMILES string of the molecule is CC(C)Cn1cc(C(N)CCO)cn1. The summed E-state index contributed by atoms with van der Waals surface area (Å²) in [5, 5.41) is 13.0. The van der Waals surface area contributed by atoms with Crippen LogP contribution >= 0.6 is 0 Å². The van der Waals surface area contributed by atoms with E-state index >= 15 is 0 Å². The highest BCUT2D eigenvalue weighted by Crippen LogP contribution is 2.12. The second kappa shape index (κ2) is 5.12. The predicted octanol–water partition coefficient (Wildman–Crippen LogP) is 0.921. The summed E-state index contributed by atoms with van der Waals surface area (Å²) in [5.41, 5.74) is 6.84. The highest BCUT2D eigenvalue weighted by atomic mass is 16.3. The van der Waals surface area contributed by atoms with Crippen LogP contribution in [0.1, 0.15) is 31.9 Å². The predicted molar refractivity (Wildman–Crippen MR) is 55.7 cm³/mol. The van der Waals surface area contributed by atoms with Crippen molar-refractivity contribution in [2.75, 3.05) is 6.61 Å². The van der Waals surface area contributed by atoms with Gasteiger partial charge in [0.15, 0.2) is 0 Å². The van der Waals surface area contributed by atoms with Gasteiger partial charge in [-0.1, -0.05) is 13.8 Å². The van der Waals surface area contributed by atoms with Crippen molar-refractivity contribution < 1.29 is 5.11 Å². The number of aromatic nitrogens is 2. The Balaban J connectivity index is 2.58. The van der Waals surface area contributed by atoms with E-state index in [9.17, 15) is 0 Å². The van der Waals surface area contributed by atoms with Gasteiger partial charge in [-0.15, -0.1) is 0 Å². The molecule has 0 bridgehead atoms. The first-order valence-corrected chi connectivity index (χ1v) is 5.02. The number of aliphatic hydroxyl groups is 1. The third kappa shape index (κ3) is 3.12. The first kappa shape index (κ1) is 11.2. The molecule has 1 aromatic rings. The molecule has 14 heavy (non-hydrogen) atoms. The zero-order chi connectivity index (χ0) is 10.6. The van der Waals surface area contributed by atoms with Crippen LogP contribution in [0, 0.1) is 5.92 Å². The summed E-state index contributed by atoms with van der Waals surface area (Å²) in [4.78, 5) is 0. The lowest BCUT2D eigenvalue weighted by Gasteiger charge is -2.06. The highest BCUT2D eigenvalue weighted by molar-refractivity contribution is 5.09. The van der Waals surface area contributed by atoms with Crippen LogP contribution in [0.25, 0.3) is 0 Å². The molecule has 4 heteroatoms. The van der Waals surface area contributed by atoms with E-state index in [1.165, 1.54) is 0 Å². The Morgan fingerprint density at radius 1 is 1.57 bits per heavy atom. The molecule has 0 amide bonds. The van der Waals surface area contributed by atoms with E-state index in [1.807, 2.05) is 10.9 Å². The summed E-state index contributed by atoms with van der Waals surface area (Å²) in [5.74, 6) is 0.580. The first-order valence-electron chi connectivity index (χ1n) is 5.02. The van der Waals surface area contributed by atoms with Gasteiger partial charge in [0.2, 0.25) is 0 Å². The topological polar surface area (TPSA) is 64.1 Å². The van der Waals surface area contributed by atoms with Crippen LogP contribution in [-0.2, 0) is 6.54 Å². The summed E-state index contributed by atoms with van der Waals surface area (Å²) >= 11 is 0. The van der Waals surface area contributed by atoms with Gasteiger partial charge in [0.1, 0.15) is 0 Å². The molecule has 1 rings (SSSR count). The molecule has 0 aliphatic rings. The molecule has 1 heterocycles. The van der Waals surface area contributed by atoms with Gasteiger partial charge in [-0.3, -0.25) is 4.68 Å². The fourth-order valence-electron chi connectivity index (χ4n) is 1.35. The summed E-state index contributed by atoms with van der Waals surface area (Å²) in [7, 11) is 0. The lowest BCUT2D eigenvalue weighted by molar-refractivity contribution is 0.276. The molecule has 0 radical (unpaired) electrons. The average molecular weight is 197 g/mol. The molecule has 4 nitrogen and oxygen atoms in total. The summed E-state index contributed by atoms with van der Waals surface area (Å²) < 4.78 is 1.90. The van der Waals surface area contributed by atoms with Gasteiger partial charge in [-0.2, -0.15) is 5.10 Å². The fourth-order valence-corrected chi connectivity index (χ4v) is 1.35. The van der Waals surface area contributed by atoms with Crippen LogP contribution in [0.4, 0.5) is 0 Å². The molecule has 0 aliphatic carbocycles. The van der Waals surface area contributed by atoms with Crippen molar-refractivity contribution in [2.24, 2.45) is 11.7 Å². The molecular formula is C10H19N3O. The van der Waals surface area contributed by atoms with Crippen LogP contribution in [0.15, 0.2) is 12.4 Å². The Hall–Kier alpha value is -0.870. The molecule has 0 aliphatic heterocycles. The summed E-state index contributed by atoms with van der Waals surface area (Å²) in [6, 6.07) is -0.0964. The van der Waals surface area contributed by atoms with Crippen LogP contribution in [0.3, 0.4) is 0 Å². The van der Waals surface area contributed by atoms with E-state index in [-0.39, 0.29) is 12.6 Å². The average Bonchev–Trinajstić information content (AvgIpc) is 2.52. The van der Waals surface area contributed by atoms with Gasteiger partial charge in [-0.05, 0) is 12.3 Å². The Morgan fingerprint density at radius 3 is 2.86 bits per heavy atom. The quantitative estimate of drug-likeness (QED) is 0.737. The van der Waals surface area contributed by atoms with Gasteiger partial charge in [0.25, 0.3) is 0 Å². The van der Waals surface area contributed by atoms with Gasteiger partial charge >= 0.3 is 0 Å². The van der Waals surface area contributed by atoms with Crippen molar-refractivity contribution in [2.45, 2.75) is 32.9 Å². The van der Waals surface area contributed by atoms with Crippen molar-refractivity contribution in [3.05, 3.63) is 18.0 Å². The van der Waals surface area contributed by atoms with Gasteiger partial charge in [0.05, 0.1) is 6.20 Å². The van der Waals surface area contributed by atoms with Crippen molar-refractivity contribution in [3.8, 4) is 0 Å². The molecule has 0 saturated carbocycles. The first-order chi connectivity index (χ1) is 6.63. The number of nitrogens with two attached hydrogens (primary N) is 1. The van der Waals surface area contributed by atoms with Crippen LogP contribution in [0.5, 0.6) is 0 Å². The molecule has 1 atom stereocenters. The molecule has 0 saturated heterocycles. The second-order valence-electron chi connectivity index (χ2n) is 4.01. The van der Waals surface area contributed by atoms with Crippen molar-refractivity contribution >= 4 is 0 Å². The minimum atomic E-state index is -0.0964. The number of hydrogen-bond donors (Lipinski definition) is 2. The Labute approximate surface area is 84.7 Å².